The number of amides is 1. The number of nitrogens with one attached hydrogen (secondary N) is 1. The molecule has 1 amide bonds. The van der Waals surface area contributed by atoms with Gasteiger partial charge in [0, 0.05) is 17.3 Å². The normalized spacial score (nSPS) is 24.1. The van der Waals surface area contributed by atoms with Crippen LogP contribution in [0.2, 0.25) is 0 Å². The molecular weight excluding hydrogens is 292 g/mol. The molecule has 1 aromatic carbocycles. The fraction of sp³-hybridized carbons (Fsp3) is 0.353. The van der Waals surface area contributed by atoms with Crippen LogP contribution in [0, 0.1) is 17.2 Å². The quantitative estimate of drug-likeness (QED) is 0.779. The SMILES string of the molecule is N#Cc1ccc2cccc(NC(=O)[C@@H]3CC[C@@H](N)[C@@H](O)C3)c2n1. The molecule has 6 nitrogen and oxygen atoms in total. The molecule has 0 radical (unpaired) electrons. The van der Waals surface area contributed by atoms with Crippen LogP contribution >= 0.6 is 0 Å². The maximum Gasteiger partial charge on any atom is 0.227 e. The number of nitrogens with zero attached hydrogens (tertiary/aromatic N) is 2. The molecule has 4 N–H and O–H groups in total. The molecule has 1 aromatic heterocycles. The van der Waals surface area contributed by atoms with Gasteiger partial charge in [-0.15, -0.1) is 0 Å². The molecule has 3 atom stereocenters. The monoisotopic (exact) mass is 310 g/mol. The molecule has 0 aliphatic heterocycles. The molecule has 0 unspecified atom stereocenters. The highest BCUT2D eigenvalue weighted by molar-refractivity contribution is 6.01. The van der Waals surface area contributed by atoms with Gasteiger partial charge in [0.2, 0.25) is 5.91 Å². The Morgan fingerprint density at radius 3 is 2.91 bits per heavy atom. The summed E-state index contributed by atoms with van der Waals surface area (Å²) < 4.78 is 0. The minimum absolute atomic E-state index is 0.146. The smallest absolute Gasteiger partial charge is 0.227 e. The number of hydrogen-bond acceptors (Lipinski definition) is 5. The first-order valence-corrected chi connectivity index (χ1v) is 7.63. The zero-order chi connectivity index (χ0) is 16.4. The Bertz CT molecular complexity index is 784. The first kappa shape index (κ1) is 15.4. The second-order valence-electron chi connectivity index (χ2n) is 5.92. The third kappa shape index (κ3) is 3.16. The van der Waals surface area contributed by atoms with Crippen LogP contribution in [0.25, 0.3) is 10.9 Å². The van der Waals surface area contributed by atoms with E-state index in [1.54, 1.807) is 18.2 Å². The summed E-state index contributed by atoms with van der Waals surface area (Å²) in [4.78, 5) is 16.7. The molecule has 6 heteroatoms. The van der Waals surface area contributed by atoms with Gasteiger partial charge in [-0.05, 0) is 37.5 Å². The molecule has 23 heavy (non-hydrogen) atoms. The minimum atomic E-state index is -0.643. The number of nitriles is 1. The number of aliphatic hydroxyl groups is 1. The highest BCUT2D eigenvalue weighted by Gasteiger charge is 2.31. The van der Waals surface area contributed by atoms with Crippen LogP contribution in [-0.2, 0) is 4.79 Å². The lowest BCUT2D eigenvalue weighted by atomic mass is 9.84. The van der Waals surface area contributed by atoms with Crippen molar-refractivity contribution >= 4 is 22.5 Å². The lowest BCUT2D eigenvalue weighted by molar-refractivity contribution is -0.122. The highest BCUT2D eigenvalue weighted by Crippen LogP contribution is 2.27. The predicted octanol–water partition coefficient (Wildman–Crippen LogP) is 1.53. The number of nitrogens with two attached hydrogens (primary N) is 1. The van der Waals surface area contributed by atoms with Crippen molar-refractivity contribution in [2.45, 2.75) is 31.4 Å². The van der Waals surface area contributed by atoms with Crippen LogP contribution in [0.5, 0.6) is 0 Å². The van der Waals surface area contributed by atoms with Crippen molar-refractivity contribution in [3.8, 4) is 6.07 Å². The molecule has 0 bridgehead atoms. The molecule has 0 saturated heterocycles. The lowest BCUT2D eigenvalue weighted by Crippen LogP contribution is -2.43. The third-order valence-corrected chi connectivity index (χ3v) is 4.33. The summed E-state index contributed by atoms with van der Waals surface area (Å²) in [5.74, 6) is -0.410. The second kappa shape index (κ2) is 6.32. The van der Waals surface area contributed by atoms with Crippen molar-refractivity contribution in [3.05, 3.63) is 36.0 Å². The zero-order valence-corrected chi connectivity index (χ0v) is 12.6. The van der Waals surface area contributed by atoms with Crippen LogP contribution in [0.3, 0.4) is 0 Å². The third-order valence-electron chi connectivity index (χ3n) is 4.33. The van der Waals surface area contributed by atoms with E-state index < -0.39 is 6.10 Å². The number of anilines is 1. The van der Waals surface area contributed by atoms with Crippen molar-refractivity contribution in [1.82, 2.24) is 4.98 Å². The topological polar surface area (TPSA) is 112 Å². The highest BCUT2D eigenvalue weighted by atomic mass is 16.3. The first-order chi connectivity index (χ1) is 11.1. The van der Waals surface area contributed by atoms with Gasteiger partial charge in [0.15, 0.2) is 0 Å². The summed E-state index contributed by atoms with van der Waals surface area (Å²) in [6.07, 6.45) is 1.02. The number of aliphatic hydroxyl groups excluding tert-OH is 1. The number of pyridine rings is 1. The maximum atomic E-state index is 12.5. The molecule has 1 heterocycles. The molecule has 1 aliphatic rings. The number of carbonyl (C=O) groups is 1. The Kier molecular flexibility index (Phi) is 4.24. The first-order valence-electron chi connectivity index (χ1n) is 7.63. The molecule has 0 spiro atoms. The van der Waals surface area contributed by atoms with E-state index in [1.807, 2.05) is 18.2 Å². The standard InChI is InChI=1S/C17H18N4O2/c18-9-12-6-4-10-2-1-3-14(16(10)20-12)21-17(23)11-5-7-13(19)15(22)8-11/h1-4,6,11,13,15,22H,5,7-8,19H2,(H,21,23)/t11-,13-,15+/m1/s1. The summed E-state index contributed by atoms with van der Waals surface area (Å²) in [5.41, 5.74) is 7.25. The van der Waals surface area contributed by atoms with E-state index in [1.165, 1.54) is 0 Å². The van der Waals surface area contributed by atoms with Crippen LogP contribution in [0.15, 0.2) is 30.3 Å². The van der Waals surface area contributed by atoms with E-state index in [-0.39, 0.29) is 17.9 Å². The van der Waals surface area contributed by atoms with Crippen LogP contribution in [0.1, 0.15) is 25.0 Å². The van der Waals surface area contributed by atoms with Crippen LogP contribution in [-0.4, -0.2) is 28.1 Å². The molecule has 1 aliphatic carbocycles. The Morgan fingerprint density at radius 2 is 2.17 bits per heavy atom. The largest absolute Gasteiger partial charge is 0.391 e. The number of carbonyl (C=O) groups excluding carboxylic acids is 1. The van der Waals surface area contributed by atoms with Crippen molar-refractivity contribution in [2.24, 2.45) is 11.7 Å². The van der Waals surface area contributed by atoms with Gasteiger partial charge in [-0.2, -0.15) is 5.26 Å². The zero-order valence-electron chi connectivity index (χ0n) is 12.6. The van der Waals surface area contributed by atoms with Gasteiger partial charge in [0.05, 0.1) is 17.3 Å². The van der Waals surface area contributed by atoms with Gasteiger partial charge in [-0.25, -0.2) is 4.98 Å². The van der Waals surface area contributed by atoms with E-state index >= 15 is 0 Å². The van der Waals surface area contributed by atoms with Crippen LogP contribution in [0.4, 0.5) is 5.69 Å². The Morgan fingerprint density at radius 1 is 1.35 bits per heavy atom. The predicted molar refractivity (Wildman–Crippen MR) is 86.4 cm³/mol. The molecular formula is C17H18N4O2. The number of aromatic nitrogens is 1. The van der Waals surface area contributed by atoms with Gasteiger partial charge < -0.3 is 16.2 Å². The van der Waals surface area contributed by atoms with E-state index in [0.717, 1.165) is 5.39 Å². The van der Waals surface area contributed by atoms with E-state index in [2.05, 4.69) is 10.3 Å². The van der Waals surface area contributed by atoms with Crippen molar-refractivity contribution < 1.29 is 9.90 Å². The summed E-state index contributed by atoms with van der Waals surface area (Å²) in [6, 6.07) is 10.7. The Hall–Kier alpha value is -2.49. The fourth-order valence-corrected chi connectivity index (χ4v) is 2.95. The summed E-state index contributed by atoms with van der Waals surface area (Å²) in [6.45, 7) is 0. The van der Waals surface area contributed by atoms with Gasteiger partial charge in [0.25, 0.3) is 0 Å². The molecule has 2 aromatic rings. The summed E-state index contributed by atoms with van der Waals surface area (Å²) >= 11 is 0. The summed E-state index contributed by atoms with van der Waals surface area (Å²) in [7, 11) is 0. The number of para-hydroxylation sites is 1. The fourth-order valence-electron chi connectivity index (χ4n) is 2.95. The minimum Gasteiger partial charge on any atom is -0.391 e. The molecule has 118 valence electrons. The Labute approximate surface area is 133 Å². The van der Waals surface area contributed by atoms with E-state index in [0.29, 0.717) is 36.2 Å². The molecule has 1 fully saturated rings. The van der Waals surface area contributed by atoms with Crippen molar-refractivity contribution in [3.63, 3.8) is 0 Å². The lowest BCUT2D eigenvalue weighted by Gasteiger charge is -2.30. The maximum absolute atomic E-state index is 12.5. The molecule has 1 saturated carbocycles. The van der Waals surface area contributed by atoms with Gasteiger partial charge in [0.1, 0.15) is 11.8 Å². The van der Waals surface area contributed by atoms with Gasteiger partial charge in [-0.1, -0.05) is 12.1 Å². The Balaban J connectivity index is 1.84. The average Bonchev–Trinajstić information content (AvgIpc) is 2.57. The number of hydrogen-bond donors (Lipinski definition) is 3. The number of fused-ring (bicyclic) bond motifs is 1. The van der Waals surface area contributed by atoms with Gasteiger partial charge in [-0.3, -0.25) is 4.79 Å². The van der Waals surface area contributed by atoms with E-state index in [4.69, 9.17) is 11.0 Å². The summed E-state index contributed by atoms with van der Waals surface area (Å²) in [5, 5.41) is 22.6. The van der Waals surface area contributed by atoms with Crippen molar-refractivity contribution in [2.75, 3.05) is 5.32 Å². The second-order valence-corrected chi connectivity index (χ2v) is 5.92. The molecule has 3 rings (SSSR count). The van der Waals surface area contributed by atoms with E-state index in [9.17, 15) is 9.90 Å². The van der Waals surface area contributed by atoms with Crippen molar-refractivity contribution in [1.29, 1.82) is 5.26 Å². The van der Waals surface area contributed by atoms with Gasteiger partial charge >= 0.3 is 0 Å². The number of rotatable bonds is 2. The van der Waals surface area contributed by atoms with Crippen LogP contribution < -0.4 is 11.1 Å². The number of benzene rings is 1. The average molecular weight is 310 g/mol.